The van der Waals surface area contributed by atoms with Crippen molar-refractivity contribution in [2.24, 2.45) is 10.7 Å². The van der Waals surface area contributed by atoms with Crippen molar-refractivity contribution >= 4 is 5.96 Å². The smallest absolute Gasteiger partial charge is 0.188 e. The quantitative estimate of drug-likeness (QED) is 0.352. The monoisotopic (exact) mass is 307 g/mol. The number of nitrogens with zero attached hydrogens (tertiary/aromatic N) is 1. The highest BCUT2D eigenvalue weighted by Crippen LogP contribution is 2.12. The minimum Gasteiger partial charge on any atom is -0.491 e. The van der Waals surface area contributed by atoms with Gasteiger partial charge in [-0.25, -0.2) is 0 Å². The number of nitrogens with one attached hydrogen (secondary N) is 1. The molecule has 5 nitrogen and oxygen atoms in total. The Morgan fingerprint density at radius 3 is 2.91 bits per heavy atom. The largest absolute Gasteiger partial charge is 0.491 e. The topological polar surface area (TPSA) is 79.9 Å². The van der Waals surface area contributed by atoms with Gasteiger partial charge in [0, 0.05) is 6.54 Å². The Bertz CT molecular complexity index is 449. The second kappa shape index (κ2) is 10.9. The van der Waals surface area contributed by atoms with Gasteiger partial charge in [0.05, 0.1) is 6.54 Å². The van der Waals surface area contributed by atoms with E-state index in [9.17, 15) is 5.11 Å². The van der Waals surface area contributed by atoms with Crippen LogP contribution in [0.25, 0.3) is 0 Å². The van der Waals surface area contributed by atoms with Crippen molar-refractivity contribution in [3.8, 4) is 5.75 Å². The molecule has 0 aliphatic heterocycles. The van der Waals surface area contributed by atoms with Gasteiger partial charge in [-0.2, -0.15) is 0 Å². The number of ether oxygens (including phenoxy) is 1. The predicted molar refractivity (Wildman–Crippen MR) is 91.3 cm³/mol. The van der Waals surface area contributed by atoms with Crippen molar-refractivity contribution in [3.63, 3.8) is 0 Å². The predicted octanol–water partition coefficient (Wildman–Crippen LogP) is 2.22. The summed E-state index contributed by atoms with van der Waals surface area (Å²) in [6.45, 7) is 5.45. The highest BCUT2D eigenvalue weighted by molar-refractivity contribution is 5.77. The van der Waals surface area contributed by atoms with Crippen LogP contribution in [0.2, 0.25) is 0 Å². The lowest BCUT2D eigenvalue weighted by atomic mass is 10.2. The van der Waals surface area contributed by atoms with Gasteiger partial charge in [-0.15, -0.1) is 0 Å². The zero-order valence-electron chi connectivity index (χ0n) is 13.7. The lowest BCUT2D eigenvalue weighted by Gasteiger charge is -2.11. The number of guanidine groups is 1. The van der Waals surface area contributed by atoms with Gasteiger partial charge in [0.15, 0.2) is 5.96 Å². The molecule has 0 bridgehead atoms. The Labute approximate surface area is 133 Å². The molecule has 0 fully saturated rings. The summed E-state index contributed by atoms with van der Waals surface area (Å²) in [4.78, 5) is 4.13. The Morgan fingerprint density at radius 2 is 2.18 bits per heavy atom. The summed E-state index contributed by atoms with van der Waals surface area (Å²) < 4.78 is 5.53. The van der Waals surface area contributed by atoms with Gasteiger partial charge in [0.25, 0.3) is 0 Å². The van der Waals surface area contributed by atoms with Gasteiger partial charge < -0.3 is 20.9 Å². The minimum atomic E-state index is -0.666. The molecular formula is C17H29N3O2. The van der Waals surface area contributed by atoms with Gasteiger partial charge in [-0.1, -0.05) is 38.3 Å². The van der Waals surface area contributed by atoms with E-state index in [1.165, 1.54) is 19.3 Å². The fourth-order valence-corrected chi connectivity index (χ4v) is 1.98. The first-order valence-corrected chi connectivity index (χ1v) is 8.03. The average Bonchev–Trinajstić information content (AvgIpc) is 2.51. The number of hydrogen-bond donors (Lipinski definition) is 3. The van der Waals surface area contributed by atoms with Crippen LogP contribution in [0.5, 0.6) is 5.75 Å². The summed E-state index contributed by atoms with van der Waals surface area (Å²) in [6.07, 6.45) is 4.08. The molecular weight excluding hydrogens is 278 g/mol. The maximum atomic E-state index is 9.85. The van der Waals surface area contributed by atoms with E-state index in [2.05, 4.69) is 17.2 Å². The van der Waals surface area contributed by atoms with E-state index in [0.717, 1.165) is 24.3 Å². The van der Waals surface area contributed by atoms with Crippen molar-refractivity contribution < 1.29 is 9.84 Å². The molecule has 1 aromatic rings. The summed E-state index contributed by atoms with van der Waals surface area (Å²) in [5, 5.41) is 12.9. The minimum absolute atomic E-state index is 0.205. The number of rotatable bonds is 10. The van der Waals surface area contributed by atoms with Gasteiger partial charge in [-0.3, -0.25) is 4.99 Å². The average molecular weight is 307 g/mol. The molecule has 0 heterocycles. The second-order valence-corrected chi connectivity index (χ2v) is 5.49. The van der Waals surface area contributed by atoms with Crippen LogP contribution in [0.4, 0.5) is 0 Å². The number of benzene rings is 1. The van der Waals surface area contributed by atoms with Crippen molar-refractivity contribution in [3.05, 3.63) is 29.8 Å². The molecule has 0 radical (unpaired) electrons. The van der Waals surface area contributed by atoms with Gasteiger partial charge in [-0.05, 0) is 31.0 Å². The second-order valence-electron chi connectivity index (χ2n) is 5.49. The number of hydrogen-bond acceptors (Lipinski definition) is 3. The van der Waals surface area contributed by atoms with Crippen LogP contribution in [0, 0.1) is 6.92 Å². The third-order valence-electron chi connectivity index (χ3n) is 3.24. The van der Waals surface area contributed by atoms with E-state index in [1.54, 1.807) is 0 Å². The van der Waals surface area contributed by atoms with Crippen LogP contribution >= 0.6 is 0 Å². The lowest BCUT2D eigenvalue weighted by molar-refractivity contribution is 0.114. The molecule has 1 unspecified atom stereocenters. The standard InChI is InChI=1S/C17H29N3O2/c1-3-4-5-6-10-19-17(18)20-12-15(21)13-22-16-9-7-8-14(2)11-16/h7-9,11,15,21H,3-6,10,12-13H2,1-2H3,(H3,18,19,20). The molecule has 5 heteroatoms. The molecule has 22 heavy (non-hydrogen) atoms. The van der Waals surface area contributed by atoms with Crippen molar-refractivity contribution in [2.75, 3.05) is 19.7 Å². The number of aryl methyl sites for hydroxylation is 1. The molecule has 0 aliphatic rings. The van der Waals surface area contributed by atoms with Crippen molar-refractivity contribution in [2.45, 2.75) is 45.6 Å². The third-order valence-corrected chi connectivity index (χ3v) is 3.24. The molecule has 0 saturated heterocycles. The molecule has 0 spiro atoms. The van der Waals surface area contributed by atoms with Crippen LogP contribution in [0.1, 0.15) is 38.2 Å². The molecule has 0 saturated carbocycles. The highest BCUT2D eigenvalue weighted by atomic mass is 16.5. The first-order chi connectivity index (χ1) is 10.6. The Morgan fingerprint density at radius 1 is 1.36 bits per heavy atom. The number of aliphatic hydroxyl groups is 1. The molecule has 124 valence electrons. The molecule has 0 amide bonds. The summed E-state index contributed by atoms with van der Waals surface area (Å²) >= 11 is 0. The van der Waals surface area contributed by atoms with E-state index in [1.807, 2.05) is 31.2 Å². The van der Waals surface area contributed by atoms with E-state index < -0.39 is 6.10 Å². The number of aliphatic imine (C=N–C) groups is 1. The molecule has 0 aromatic heterocycles. The van der Waals surface area contributed by atoms with E-state index >= 15 is 0 Å². The van der Waals surface area contributed by atoms with E-state index in [4.69, 9.17) is 10.5 Å². The first-order valence-electron chi connectivity index (χ1n) is 8.03. The summed E-state index contributed by atoms with van der Waals surface area (Å²) in [6, 6.07) is 7.73. The summed E-state index contributed by atoms with van der Waals surface area (Å²) in [5.41, 5.74) is 6.88. The molecule has 4 N–H and O–H groups in total. The van der Waals surface area contributed by atoms with Gasteiger partial charge in [0.2, 0.25) is 0 Å². The van der Waals surface area contributed by atoms with Crippen LogP contribution in [-0.2, 0) is 0 Å². The van der Waals surface area contributed by atoms with Crippen LogP contribution < -0.4 is 15.8 Å². The fraction of sp³-hybridized carbons (Fsp3) is 0.588. The molecule has 0 aliphatic carbocycles. The highest BCUT2D eigenvalue weighted by Gasteiger charge is 2.05. The van der Waals surface area contributed by atoms with Crippen molar-refractivity contribution in [1.29, 1.82) is 0 Å². The van der Waals surface area contributed by atoms with Gasteiger partial charge in [0.1, 0.15) is 18.5 Å². The third kappa shape index (κ3) is 8.52. The SMILES string of the molecule is CCCCCCNC(N)=NCC(O)COc1cccc(C)c1. The maximum absolute atomic E-state index is 9.85. The van der Waals surface area contributed by atoms with Gasteiger partial charge >= 0.3 is 0 Å². The summed E-state index contributed by atoms with van der Waals surface area (Å²) in [7, 11) is 0. The lowest BCUT2D eigenvalue weighted by Crippen LogP contribution is -2.34. The van der Waals surface area contributed by atoms with E-state index in [0.29, 0.717) is 5.96 Å². The van der Waals surface area contributed by atoms with Crippen LogP contribution in [-0.4, -0.2) is 36.9 Å². The van der Waals surface area contributed by atoms with Crippen molar-refractivity contribution in [1.82, 2.24) is 5.32 Å². The first kappa shape index (κ1) is 18.3. The van der Waals surface area contributed by atoms with Crippen LogP contribution in [0.3, 0.4) is 0 Å². The van der Waals surface area contributed by atoms with E-state index in [-0.39, 0.29) is 13.2 Å². The number of unbranched alkanes of at least 4 members (excludes halogenated alkanes) is 3. The zero-order valence-corrected chi connectivity index (χ0v) is 13.7. The molecule has 1 aromatic carbocycles. The normalized spacial score (nSPS) is 13.0. The zero-order chi connectivity index (χ0) is 16.2. The van der Waals surface area contributed by atoms with Crippen LogP contribution in [0.15, 0.2) is 29.3 Å². The Hall–Kier alpha value is -1.75. The number of nitrogens with two attached hydrogens (primary N) is 1. The maximum Gasteiger partial charge on any atom is 0.188 e. The Kier molecular flexibility index (Phi) is 9.07. The Balaban J connectivity index is 2.18. The number of aliphatic hydroxyl groups excluding tert-OH is 1. The molecule has 1 rings (SSSR count). The molecule has 1 atom stereocenters. The fourth-order valence-electron chi connectivity index (χ4n) is 1.98. The summed E-state index contributed by atoms with van der Waals surface area (Å²) in [5.74, 6) is 1.14.